The molecular formula is C14H18BrN3O2. The zero-order chi connectivity index (χ0) is 13.9. The fourth-order valence-corrected chi connectivity index (χ4v) is 3.24. The number of nitrogens with zero attached hydrogens (tertiary/aromatic N) is 3. The van der Waals surface area contributed by atoms with Gasteiger partial charge in [0.25, 0.3) is 0 Å². The third-order valence-corrected chi connectivity index (χ3v) is 4.32. The molecule has 2 fully saturated rings. The number of hydrogen-bond donors (Lipinski definition) is 0. The van der Waals surface area contributed by atoms with E-state index in [0.717, 1.165) is 29.5 Å². The van der Waals surface area contributed by atoms with Crippen molar-refractivity contribution in [2.24, 2.45) is 0 Å². The molecule has 0 saturated carbocycles. The van der Waals surface area contributed by atoms with E-state index in [9.17, 15) is 4.79 Å². The summed E-state index contributed by atoms with van der Waals surface area (Å²) < 4.78 is 6.26. The first-order valence-corrected chi connectivity index (χ1v) is 7.79. The third-order valence-electron chi connectivity index (χ3n) is 3.88. The third kappa shape index (κ3) is 2.81. The summed E-state index contributed by atoms with van der Waals surface area (Å²) in [5, 5.41) is 0. The zero-order valence-corrected chi connectivity index (χ0v) is 12.9. The topological polar surface area (TPSA) is 45.7 Å². The SMILES string of the molecule is O=C(C1CCCN1c1cncc(Br)c1)N1CCOCC1. The Morgan fingerprint density at radius 2 is 2.10 bits per heavy atom. The number of carbonyl (C=O) groups excluding carboxylic acids is 1. The van der Waals surface area contributed by atoms with Crippen LogP contribution in [0.5, 0.6) is 0 Å². The molecule has 0 bridgehead atoms. The quantitative estimate of drug-likeness (QED) is 0.822. The van der Waals surface area contributed by atoms with Crippen molar-refractivity contribution in [2.45, 2.75) is 18.9 Å². The summed E-state index contributed by atoms with van der Waals surface area (Å²) in [7, 11) is 0. The van der Waals surface area contributed by atoms with E-state index < -0.39 is 0 Å². The maximum Gasteiger partial charge on any atom is 0.245 e. The smallest absolute Gasteiger partial charge is 0.245 e. The van der Waals surface area contributed by atoms with Gasteiger partial charge in [-0.25, -0.2) is 0 Å². The van der Waals surface area contributed by atoms with Crippen molar-refractivity contribution in [3.05, 3.63) is 22.9 Å². The van der Waals surface area contributed by atoms with E-state index in [-0.39, 0.29) is 11.9 Å². The molecule has 0 spiro atoms. The van der Waals surface area contributed by atoms with E-state index in [1.807, 2.05) is 17.2 Å². The highest BCUT2D eigenvalue weighted by molar-refractivity contribution is 9.10. The van der Waals surface area contributed by atoms with Crippen LogP contribution in [0.25, 0.3) is 0 Å². The van der Waals surface area contributed by atoms with Crippen molar-refractivity contribution in [1.82, 2.24) is 9.88 Å². The molecule has 0 N–H and O–H groups in total. The van der Waals surface area contributed by atoms with E-state index in [1.165, 1.54) is 0 Å². The number of aromatic nitrogens is 1. The molecule has 20 heavy (non-hydrogen) atoms. The molecule has 6 heteroatoms. The number of halogens is 1. The zero-order valence-electron chi connectivity index (χ0n) is 11.3. The summed E-state index contributed by atoms with van der Waals surface area (Å²) >= 11 is 3.44. The van der Waals surface area contributed by atoms with Crippen molar-refractivity contribution >= 4 is 27.5 Å². The summed E-state index contributed by atoms with van der Waals surface area (Å²) in [6.07, 6.45) is 5.56. The number of hydrogen-bond acceptors (Lipinski definition) is 4. The molecule has 1 unspecified atom stereocenters. The van der Waals surface area contributed by atoms with Crippen LogP contribution in [0.15, 0.2) is 22.9 Å². The van der Waals surface area contributed by atoms with Gasteiger partial charge >= 0.3 is 0 Å². The summed E-state index contributed by atoms with van der Waals surface area (Å²) in [5.74, 6) is 0.228. The molecule has 0 aliphatic carbocycles. The van der Waals surface area contributed by atoms with Crippen LogP contribution in [0.2, 0.25) is 0 Å². The first-order chi connectivity index (χ1) is 9.75. The van der Waals surface area contributed by atoms with Crippen molar-refractivity contribution in [1.29, 1.82) is 0 Å². The predicted molar refractivity (Wildman–Crippen MR) is 79.7 cm³/mol. The van der Waals surface area contributed by atoms with E-state index in [0.29, 0.717) is 26.3 Å². The van der Waals surface area contributed by atoms with Gasteiger partial charge < -0.3 is 14.5 Å². The predicted octanol–water partition coefficient (Wildman–Crippen LogP) is 1.67. The van der Waals surface area contributed by atoms with Crippen molar-refractivity contribution in [2.75, 3.05) is 37.7 Å². The summed E-state index contributed by atoms with van der Waals surface area (Å²) in [5.41, 5.74) is 1.02. The van der Waals surface area contributed by atoms with Gasteiger partial charge in [0.15, 0.2) is 0 Å². The van der Waals surface area contributed by atoms with Crippen LogP contribution < -0.4 is 4.90 Å². The van der Waals surface area contributed by atoms with Crippen molar-refractivity contribution in [3.8, 4) is 0 Å². The van der Waals surface area contributed by atoms with E-state index in [4.69, 9.17) is 4.74 Å². The standard InChI is InChI=1S/C14H18BrN3O2/c15-11-8-12(10-16-9-11)18-3-1-2-13(18)14(19)17-4-6-20-7-5-17/h8-10,13H,1-7H2. The fraction of sp³-hybridized carbons (Fsp3) is 0.571. The number of amides is 1. The first-order valence-electron chi connectivity index (χ1n) is 6.99. The minimum absolute atomic E-state index is 0.0517. The molecule has 1 amide bonds. The summed E-state index contributed by atoms with van der Waals surface area (Å²) in [6, 6.07) is 1.97. The lowest BCUT2D eigenvalue weighted by Crippen LogP contribution is -2.49. The number of carbonyl (C=O) groups is 1. The maximum absolute atomic E-state index is 12.7. The number of rotatable bonds is 2. The lowest BCUT2D eigenvalue weighted by atomic mass is 10.1. The van der Waals surface area contributed by atoms with Crippen LogP contribution in [-0.2, 0) is 9.53 Å². The molecule has 1 aromatic rings. The van der Waals surface area contributed by atoms with Gasteiger partial charge in [0.1, 0.15) is 6.04 Å². The summed E-state index contributed by atoms with van der Waals surface area (Å²) in [6.45, 7) is 3.63. The molecule has 2 saturated heterocycles. The van der Waals surface area contributed by atoms with Gasteiger partial charge in [-0.3, -0.25) is 9.78 Å². The molecule has 2 aliphatic heterocycles. The van der Waals surface area contributed by atoms with Crippen LogP contribution in [0, 0.1) is 0 Å². The number of ether oxygens (including phenoxy) is 1. The van der Waals surface area contributed by atoms with Gasteiger partial charge in [-0.15, -0.1) is 0 Å². The molecule has 1 aromatic heterocycles. The number of morpholine rings is 1. The molecule has 0 aromatic carbocycles. The lowest BCUT2D eigenvalue weighted by molar-refractivity contribution is -0.136. The van der Waals surface area contributed by atoms with Gasteiger partial charge in [-0.2, -0.15) is 0 Å². The van der Waals surface area contributed by atoms with Crippen LogP contribution in [-0.4, -0.2) is 54.7 Å². The molecule has 1 atom stereocenters. The van der Waals surface area contributed by atoms with Gasteiger partial charge in [0.05, 0.1) is 25.1 Å². The molecule has 5 nitrogen and oxygen atoms in total. The Morgan fingerprint density at radius 1 is 1.30 bits per heavy atom. The number of pyridine rings is 1. The lowest BCUT2D eigenvalue weighted by Gasteiger charge is -2.33. The molecular weight excluding hydrogens is 322 g/mol. The van der Waals surface area contributed by atoms with E-state index in [2.05, 4.69) is 25.8 Å². The molecule has 0 radical (unpaired) electrons. The Kier molecular flexibility index (Phi) is 4.21. The molecule has 108 valence electrons. The van der Waals surface area contributed by atoms with Crippen LogP contribution >= 0.6 is 15.9 Å². The van der Waals surface area contributed by atoms with Gasteiger partial charge in [0.2, 0.25) is 5.91 Å². The van der Waals surface area contributed by atoms with Gasteiger partial charge in [-0.05, 0) is 34.8 Å². The second-order valence-electron chi connectivity index (χ2n) is 5.15. The highest BCUT2D eigenvalue weighted by Gasteiger charge is 2.34. The Bertz CT molecular complexity index is 491. The second kappa shape index (κ2) is 6.10. The molecule has 3 rings (SSSR count). The maximum atomic E-state index is 12.7. The molecule has 2 aliphatic rings. The van der Waals surface area contributed by atoms with Gasteiger partial charge in [-0.1, -0.05) is 0 Å². The average Bonchev–Trinajstić information content (AvgIpc) is 2.97. The minimum atomic E-state index is -0.0517. The second-order valence-corrected chi connectivity index (χ2v) is 6.07. The summed E-state index contributed by atoms with van der Waals surface area (Å²) in [4.78, 5) is 21.0. The highest BCUT2D eigenvalue weighted by atomic mass is 79.9. The Labute approximate surface area is 127 Å². The highest BCUT2D eigenvalue weighted by Crippen LogP contribution is 2.28. The van der Waals surface area contributed by atoms with Crippen LogP contribution in [0.3, 0.4) is 0 Å². The van der Waals surface area contributed by atoms with Gasteiger partial charge in [0, 0.05) is 30.3 Å². The minimum Gasteiger partial charge on any atom is -0.378 e. The molecule has 3 heterocycles. The first kappa shape index (κ1) is 13.8. The number of anilines is 1. The van der Waals surface area contributed by atoms with E-state index in [1.54, 1.807) is 6.20 Å². The Morgan fingerprint density at radius 3 is 2.85 bits per heavy atom. The van der Waals surface area contributed by atoms with Crippen molar-refractivity contribution in [3.63, 3.8) is 0 Å². The monoisotopic (exact) mass is 339 g/mol. The van der Waals surface area contributed by atoms with E-state index >= 15 is 0 Å². The average molecular weight is 340 g/mol. The Hall–Kier alpha value is -1.14. The normalized spacial score (nSPS) is 23.1. The van der Waals surface area contributed by atoms with Crippen molar-refractivity contribution < 1.29 is 9.53 Å². The van der Waals surface area contributed by atoms with Crippen LogP contribution in [0.4, 0.5) is 5.69 Å². The largest absolute Gasteiger partial charge is 0.378 e. The fourth-order valence-electron chi connectivity index (χ4n) is 2.88. The van der Waals surface area contributed by atoms with Crippen LogP contribution in [0.1, 0.15) is 12.8 Å². The Balaban J connectivity index is 1.76.